The lowest BCUT2D eigenvalue weighted by Crippen LogP contribution is -3.00. The van der Waals surface area contributed by atoms with E-state index in [1.807, 2.05) is 0 Å². The van der Waals surface area contributed by atoms with E-state index >= 15 is 0 Å². The molecule has 0 bridgehead atoms. The van der Waals surface area contributed by atoms with E-state index in [-0.39, 0.29) is 29.9 Å². The topological polar surface area (TPSA) is 12.4 Å². The van der Waals surface area contributed by atoms with Crippen LogP contribution >= 0.6 is 0 Å². The van der Waals surface area contributed by atoms with Gasteiger partial charge in [-0.25, -0.2) is 4.59 Å². The van der Waals surface area contributed by atoms with Crippen LogP contribution in [0.15, 0.2) is 96.1 Å². The molecule has 0 spiro atoms. The van der Waals surface area contributed by atoms with Gasteiger partial charge in [-0.15, -0.1) is 0 Å². The predicted octanol–water partition coefficient (Wildman–Crippen LogP) is 2.13. The van der Waals surface area contributed by atoms with Crippen LogP contribution in [-0.4, -0.2) is 31.4 Å². The second-order valence-electron chi connectivity index (χ2n) is 7.45. The Kier molecular flexibility index (Phi) is 7.75. The summed E-state index contributed by atoms with van der Waals surface area (Å²) in [4.78, 5) is 0. The molecule has 3 rings (SSSR count). The zero-order chi connectivity index (χ0) is 18.4. The van der Waals surface area contributed by atoms with Crippen LogP contribution in [0.4, 0.5) is 0 Å². The van der Waals surface area contributed by atoms with Crippen molar-refractivity contribution in [3.05, 3.63) is 108 Å². The van der Waals surface area contributed by atoms with Crippen LogP contribution in [-0.2, 0) is 6.42 Å². The molecule has 0 radical (unpaired) electrons. The molecule has 0 saturated carbocycles. The SMILES string of the molecule is C[N+](C)(C)/N=C(\c1ccccc1)C(Cc1ccccc1)c1ccccc1.[I-]. The lowest BCUT2D eigenvalue weighted by atomic mass is 9.85. The van der Waals surface area contributed by atoms with E-state index in [0.29, 0.717) is 4.59 Å². The molecule has 27 heavy (non-hydrogen) atoms. The number of hydrogen-bond donors (Lipinski definition) is 0. The van der Waals surface area contributed by atoms with Crippen LogP contribution in [0.5, 0.6) is 0 Å². The smallest absolute Gasteiger partial charge is 0.111 e. The minimum atomic E-state index is 0. The summed E-state index contributed by atoms with van der Waals surface area (Å²) in [5.41, 5.74) is 4.94. The van der Waals surface area contributed by atoms with Crippen molar-refractivity contribution in [2.45, 2.75) is 12.3 Å². The maximum Gasteiger partial charge on any atom is 0.111 e. The molecule has 0 aliphatic carbocycles. The molecule has 0 aliphatic rings. The normalized spacial score (nSPS) is 12.9. The molecule has 0 N–H and O–H groups in total. The van der Waals surface area contributed by atoms with Crippen molar-refractivity contribution < 1.29 is 28.6 Å². The van der Waals surface area contributed by atoms with Gasteiger partial charge in [0.25, 0.3) is 0 Å². The predicted molar refractivity (Wildman–Crippen MR) is 110 cm³/mol. The van der Waals surface area contributed by atoms with Gasteiger partial charge in [-0.3, -0.25) is 0 Å². The fraction of sp³-hybridized carbons (Fsp3) is 0.208. The molecule has 1 unspecified atom stereocenters. The number of hydrogen-bond acceptors (Lipinski definition) is 1. The van der Waals surface area contributed by atoms with E-state index in [2.05, 4.69) is 112 Å². The lowest BCUT2D eigenvalue weighted by molar-refractivity contribution is -0.877. The van der Waals surface area contributed by atoms with Crippen molar-refractivity contribution in [1.82, 2.24) is 0 Å². The van der Waals surface area contributed by atoms with Crippen LogP contribution in [0.3, 0.4) is 0 Å². The maximum atomic E-state index is 5.11. The van der Waals surface area contributed by atoms with E-state index < -0.39 is 0 Å². The average Bonchev–Trinajstić information content (AvgIpc) is 2.66. The van der Waals surface area contributed by atoms with Gasteiger partial charge in [0.2, 0.25) is 0 Å². The van der Waals surface area contributed by atoms with Gasteiger partial charge in [0.05, 0.1) is 21.1 Å². The van der Waals surface area contributed by atoms with Crippen LogP contribution in [0.1, 0.15) is 22.6 Å². The largest absolute Gasteiger partial charge is 1.00 e. The van der Waals surface area contributed by atoms with Crippen LogP contribution in [0.2, 0.25) is 0 Å². The van der Waals surface area contributed by atoms with E-state index in [0.717, 1.165) is 12.1 Å². The van der Waals surface area contributed by atoms with Gasteiger partial charge >= 0.3 is 0 Å². The first-order valence-corrected chi connectivity index (χ1v) is 9.09. The Morgan fingerprint density at radius 2 is 1.22 bits per heavy atom. The second kappa shape index (κ2) is 9.81. The third-order valence-corrected chi connectivity index (χ3v) is 4.29. The number of halogens is 1. The monoisotopic (exact) mass is 470 g/mol. The summed E-state index contributed by atoms with van der Waals surface area (Å²) in [7, 11) is 6.31. The van der Waals surface area contributed by atoms with Gasteiger partial charge in [0.15, 0.2) is 0 Å². The molecular formula is C24H27IN2. The van der Waals surface area contributed by atoms with Crippen LogP contribution in [0.25, 0.3) is 0 Å². The second-order valence-corrected chi connectivity index (χ2v) is 7.45. The molecule has 140 valence electrons. The molecule has 3 heteroatoms. The fourth-order valence-electron chi connectivity index (χ4n) is 3.17. The fourth-order valence-corrected chi connectivity index (χ4v) is 3.17. The van der Waals surface area contributed by atoms with Gasteiger partial charge < -0.3 is 24.0 Å². The zero-order valence-corrected chi connectivity index (χ0v) is 18.4. The summed E-state index contributed by atoms with van der Waals surface area (Å²) in [6.07, 6.45) is 0.929. The number of nitrogens with zero attached hydrogens (tertiary/aromatic N) is 2. The third kappa shape index (κ3) is 6.29. The van der Waals surface area contributed by atoms with Crippen molar-refractivity contribution in [3.8, 4) is 0 Å². The Morgan fingerprint density at radius 1 is 0.741 bits per heavy atom. The molecule has 3 aromatic carbocycles. The van der Waals surface area contributed by atoms with E-state index in [4.69, 9.17) is 5.10 Å². The van der Waals surface area contributed by atoms with E-state index in [9.17, 15) is 0 Å². The first-order valence-electron chi connectivity index (χ1n) is 9.09. The molecule has 0 saturated heterocycles. The van der Waals surface area contributed by atoms with Gasteiger partial charge in [0, 0.05) is 11.5 Å². The summed E-state index contributed by atoms with van der Waals surface area (Å²) in [5.74, 6) is 0.207. The minimum absolute atomic E-state index is 0. The van der Waals surface area contributed by atoms with Crippen molar-refractivity contribution in [3.63, 3.8) is 0 Å². The molecule has 0 aliphatic heterocycles. The summed E-state index contributed by atoms with van der Waals surface area (Å²) in [6, 6.07) is 32.0. The Balaban J connectivity index is 0.00000261. The highest BCUT2D eigenvalue weighted by Crippen LogP contribution is 2.27. The maximum absolute atomic E-state index is 5.11. The molecule has 0 aromatic heterocycles. The van der Waals surface area contributed by atoms with Crippen LogP contribution < -0.4 is 24.0 Å². The van der Waals surface area contributed by atoms with Crippen molar-refractivity contribution in [2.75, 3.05) is 21.1 Å². The van der Waals surface area contributed by atoms with E-state index in [1.54, 1.807) is 0 Å². The highest BCUT2D eigenvalue weighted by Gasteiger charge is 2.24. The molecule has 0 heterocycles. The van der Waals surface area contributed by atoms with Crippen molar-refractivity contribution in [2.24, 2.45) is 5.10 Å². The van der Waals surface area contributed by atoms with Crippen molar-refractivity contribution >= 4 is 5.71 Å². The minimum Gasteiger partial charge on any atom is -1.00 e. The van der Waals surface area contributed by atoms with Gasteiger partial charge in [-0.2, -0.15) is 0 Å². The Hall–Kier alpha value is -1.98. The van der Waals surface area contributed by atoms with Gasteiger partial charge in [-0.05, 0) is 17.5 Å². The van der Waals surface area contributed by atoms with E-state index in [1.165, 1.54) is 16.7 Å². The third-order valence-electron chi connectivity index (χ3n) is 4.29. The Labute approximate surface area is 180 Å². The molecule has 0 fully saturated rings. The Bertz CT molecular complexity index is 838. The average molecular weight is 470 g/mol. The molecular weight excluding hydrogens is 443 g/mol. The zero-order valence-electron chi connectivity index (χ0n) is 16.2. The standard InChI is InChI=1S/C24H27N2.HI/c1-26(2,3)25-24(22-17-11-6-12-18-22)23(21-15-9-5-10-16-21)19-20-13-7-4-8-14-20;/h4-18,23H,19H2,1-3H3;1H/q+1;/p-1/b25-24+;. The molecule has 1 atom stereocenters. The highest BCUT2D eigenvalue weighted by atomic mass is 127. The van der Waals surface area contributed by atoms with Crippen LogP contribution in [0, 0.1) is 0 Å². The summed E-state index contributed by atoms with van der Waals surface area (Å²) >= 11 is 0. The summed E-state index contributed by atoms with van der Waals surface area (Å²) in [5, 5.41) is 5.11. The highest BCUT2D eigenvalue weighted by molar-refractivity contribution is 6.05. The first kappa shape index (κ1) is 21.3. The van der Waals surface area contributed by atoms with Gasteiger partial charge in [0.1, 0.15) is 5.71 Å². The number of rotatable bonds is 6. The number of quaternary nitrogens is 1. The Morgan fingerprint density at radius 3 is 1.74 bits per heavy atom. The van der Waals surface area contributed by atoms with Gasteiger partial charge in [-0.1, -0.05) is 96.1 Å². The lowest BCUT2D eigenvalue weighted by Gasteiger charge is -2.24. The first-order chi connectivity index (χ1) is 12.5. The quantitative estimate of drug-likeness (QED) is 0.227. The molecule has 2 nitrogen and oxygen atoms in total. The number of benzene rings is 3. The summed E-state index contributed by atoms with van der Waals surface area (Å²) < 4.78 is 0.544. The summed E-state index contributed by atoms with van der Waals surface area (Å²) in [6.45, 7) is 0. The van der Waals surface area contributed by atoms with Crippen molar-refractivity contribution in [1.29, 1.82) is 0 Å². The molecule has 0 amide bonds. The molecule has 3 aromatic rings.